The van der Waals surface area contributed by atoms with Crippen molar-refractivity contribution in [2.45, 2.75) is 39.0 Å². The summed E-state index contributed by atoms with van der Waals surface area (Å²) in [7, 11) is 0. The van der Waals surface area contributed by atoms with Gasteiger partial charge in [0.1, 0.15) is 16.8 Å². The zero-order valence-corrected chi connectivity index (χ0v) is 20.5. The molecule has 3 aromatic carbocycles. The summed E-state index contributed by atoms with van der Waals surface area (Å²) in [4.78, 5) is 38.4. The summed E-state index contributed by atoms with van der Waals surface area (Å²) in [6.45, 7) is 7.07. The lowest BCUT2D eigenvalue weighted by Gasteiger charge is -2.37. The molecular weight excluding hydrogens is 456 g/mol. The molecule has 1 amide bonds. The molecule has 0 saturated heterocycles. The third-order valence-corrected chi connectivity index (χ3v) is 6.02. The van der Waals surface area contributed by atoms with Gasteiger partial charge in [-0.25, -0.2) is 9.59 Å². The van der Waals surface area contributed by atoms with Gasteiger partial charge in [-0.3, -0.25) is 4.79 Å². The number of nitrogens with one attached hydrogen (secondary N) is 2. The molecule has 0 radical (unpaired) electrons. The summed E-state index contributed by atoms with van der Waals surface area (Å²) < 4.78 is 11.0. The number of fused-ring (bicyclic) bond motifs is 3. The maximum atomic E-state index is 13.3. The van der Waals surface area contributed by atoms with Gasteiger partial charge in [0, 0.05) is 17.1 Å². The maximum absolute atomic E-state index is 13.3. The maximum Gasteiger partial charge on any atom is 0.343 e. The lowest BCUT2D eigenvalue weighted by molar-refractivity contribution is -0.148. The van der Waals surface area contributed by atoms with Crippen molar-refractivity contribution in [1.29, 1.82) is 0 Å². The molecule has 0 saturated carbocycles. The van der Waals surface area contributed by atoms with Gasteiger partial charge in [-0.2, -0.15) is 0 Å². The van der Waals surface area contributed by atoms with Crippen LogP contribution in [-0.4, -0.2) is 17.5 Å². The summed E-state index contributed by atoms with van der Waals surface area (Å²) in [5.74, 6) is -0.885. The SMILES string of the molecule is CC(C)(C)OC(=O)/C=C/c1cccc2c1C(=O)NC(C)(c1cc3cc4ccccc4cc3oc1=O)N2. The predicted molar refractivity (Wildman–Crippen MR) is 140 cm³/mol. The lowest BCUT2D eigenvalue weighted by atomic mass is 9.94. The first kappa shape index (κ1) is 23.4. The van der Waals surface area contributed by atoms with E-state index in [4.69, 9.17) is 9.15 Å². The van der Waals surface area contributed by atoms with Crippen LogP contribution in [0.1, 0.15) is 49.2 Å². The first-order valence-electron chi connectivity index (χ1n) is 11.6. The molecular formula is C29H26N2O5. The van der Waals surface area contributed by atoms with Gasteiger partial charge >= 0.3 is 11.6 Å². The molecule has 1 aliphatic rings. The van der Waals surface area contributed by atoms with Crippen molar-refractivity contribution >= 4 is 45.4 Å². The quantitative estimate of drug-likeness (QED) is 0.177. The van der Waals surface area contributed by atoms with Crippen LogP contribution in [0.2, 0.25) is 0 Å². The van der Waals surface area contributed by atoms with E-state index in [1.165, 1.54) is 6.08 Å². The number of rotatable bonds is 3. The van der Waals surface area contributed by atoms with E-state index in [0.29, 0.717) is 22.4 Å². The van der Waals surface area contributed by atoms with Crippen LogP contribution >= 0.6 is 0 Å². The van der Waals surface area contributed by atoms with Crippen LogP contribution in [0.4, 0.5) is 5.69 Å². The van der Waals surface area contributed by atoms with Gasteiger partial charge in [0.05, 0.1) is 11.1 Å². The number of hydrogen-bond donors (Lipinski definition) is 2. The average Bonchev–Trinajstić information content (AvgIpc) is 2.79. The molecule has 182 valence electrons. The molecule has 36 heavy (non-hydrogen) atoms. The molecule has 2 heterocycles. The smallest absolute Gasteiger partial charge is 0.343 e. The summed E-state index contributed by atoms with van der Waals surface area (Å²) >= 11 is 0. The highest BCUT2D eigenvalue weighted by atomic mass is 16.6. The van der Waals surface area contributed by atoms with Crippen LogP contribution in [0.25, 0.3) is 27.8 Å². The molecule has 1 aromatic heterocycles. The average molecular weight is 483 g/mol. The molecule has 4 aromatic rings. The number of benzene rings is 3. The van der Waals surface area contributed by atoms with Gasteiger partial charge in [-0.05, 0) is 74.4 Å². The van der Waals surface area contributed by atoms with Crippen molar-refractivity contribution < 1.29 is 18.7 Å². The molecule has 0 spiro atoms. The minimum atomic E-state index is -1.21. The summed E-state index contributed by atoms with van der Waals surface area (Å²) in [5, 5.41) is 8.94. The standard InChI is InChI=1S/C29H26N2O5/c1-28(2,3)36-24(32)13-12-17-10-7-11-22-25(17)26(33)31-29(4,30-22)21-15-20-14-18-8-5-6-9-19(18)16-23(20)35-27(21)34/h5-16,30H,1-4H3,(H,31,33)/b13-12+. The Balaban J connectivity index is 1.52. The number of amides is 1. The van der Waals surface area contributed by atoms with E-state index in [2.05, 4.69) is 10.6 Å². The molecule has 2 N–H and O–H groups in total. The highest BCUT2D eigenvalue weighted by molar-refractivity contribution is 6.06. The molecule has 0 aliphatic carbocycles. The van der Waals surface area contributed by atoms with Crippen molar-refractivity contribution in [2.24, 2.45) is 0 Å². The van der Waals surface area contributed by atoms with E-state index in [1.807, 2.05) is 36.4 Å². The minimum Gasteiger partial charge on any atom is -0.457 e. The van der Waals surface area contributed by atoms with Crippen LogP contribution in [-0.2, 0) is 15.2 Å². The van der Waals surface area contributed by atoms with Crippen LogP contribution < -0.4 is 16.3 Å². The van der Waals surface area contributed by atoms with Crippen molar-refractivity contribution in [3.05, 3.63) is 93.9 Å². The number of carbonyl (C=O) groups is 2. The van der Waals surface area contributed by atoms with Crippen LogP contribution in [0, 0.1) is 0 Å². The first-order valence-corrected chi connectivity index (χ1v) is 11.6. The van der Waals surface area contributed by atoms with E-state index in [9.17, 15) is 14.4 Å². The molecule has 7 heteroatoms. The van der Waals surface area contributed by atoms with Gasteiger partial charge in [0.15, 0.2) is 0 Å². The second-order valence-corrected chi connectivity index (χ2v) is 10.0. The fourth-order valence-corrected chi connectivity index (χ4v) is 4.44. The fourth-order valence-electron chi connectivity index (χ4n) is 4.44. The van der Waals surface area contributed by atoms with Crippen molar-refractivity contribution in [3.8, 4) is 0 Å². The Labute approximate surface area is 207 Å². The minimum absolute atomic E-state index is 0.277. The fraction of sp³-hybridized carbons (Fsp3) is 0.207. The van der Waals surface area contributed by atoms with Crippen LogP contribution in [0.3, 0.4) is 0 Å². The Morgan fingerprint density at radius 1 is 0.944 bits per heavy atom. The van der Waals surface area contributed by atoms with Crippen molar-refractivity contribution in [2.75, 3.05) is 5.32 Å². The third kappa shape index (κ3) is 4.35. The number of anilines is 1. The highest BCUT2D eigenvalue weighted by Crippen LogP contribution is 2.33. The van der Waals surface area contributed by atoms with Gasteiger partial charge < -0.3 is 19.8 Å². The Morgan fingerprint density at radius 3 is 2.39 bits per heavy atom. The lowest BCUT2D eigenvalue weighted by Crippen LogP contribution is -2.55. The Bertz CT molecular complexity index is 1630. The number of ether oxygens (including phenoxy) is 1. The molecule has 1 atom stereocenters. The van der Waals surface area contributed by atoms with E-state index >= 15 is 0 Å². The number of hydrogen-bond acceptors (Lipinski definition) is 6. The van der Waals surface area contributed by atoms with E-state index in [0.717, 1.165) is 16.2 Å². The summed E-state index contributed by atoms with van der Waals surface area (Å²) in [5.41, 5.74) is -0.178. The Hall–Kier alpha value is -4.39. The molecule has 1 unspecified atom stereocenters. The monoisotopic (exact) mass is 482 g/mol. The van der Waals surface area contributed by atoms with Crippen LogP contribution in [0.15, 0.2) is 76.0 Å². The second-order valence-electron chi connectivity index (χ2n) is 10.0. The van der Waals surface area contributed by atoms with Gasteiger partial charge in [0.25, 0.3) is 5.91 Å². The third-order valence-electron chi connectivity index (χ3n) is 6.02. The van der Waals surface area contributed by atoms with Gasteiger partial charge in [-0.1, -0.05) is 36.4 Å². The van der Waals surface area contributed by atoms with Crippen LogP contribution in [0.5, 0.6) is 0 Å². The van der Waals surface area contributed by atoms with Gasteiger partial charge in [-0.15, -0.1) is 0 Å². The molecule has 5 rings (SSSR count). The van der Waals surface area contributed by atoms with Crippen molar-refractivity contribution in [1.82, 2.24) is 5.32 Å². The van der Waals surface area contributed by atoms with Gasteiger partial charge in [0.2, 0.25) is 0 Å². The van der Waals surface area contributed by atoms with E-state index < -0.39 is 22.9 Å². The first-order chi connectivity index (χ1) is 17.0. The zero-order valence-electron chi connectivity index (χ0n) is 20.5. The largest absolute Gasteiger partial charge is 0.457 e. The van der Waals surface area contributed by atoms with E-state index in [1.54, 1.807) is 58.0 Å². The molecule has 1 aliphatic heterocycles. The normalized spacial score (nSPS) is 17.6. The topological polar surface area (TPSA) is 97.6 Å². The Kier molecular flexibility index (Phi) is 5.43. The highest BCUT2D eigenvalue weighted by Gasteiger charge is 2.38. The zero-order chi connectivity index (χ0) is 25.7. The predicted octanol–water partition coefficient (Wildman–Crippen LogP) is 5.33. The Morgan fingerprint density at radius 2 is 1.67 bits per heavy atom. The molecule has 0 fully saturated rings. The molecule has 0 bridgehead atoms. The summed E-state index contributed by atoms with van der Waals surface area (Å²) in [6.07, 6.45) is 2.84. The number of carbonyl (C=O) groups excluding carboxylic acids is 2. The molecule has 7 nitrogen and oxygen atoms in total. The summed E-state index contributed by atoms with van der Waals surface area (Å²) in [6, 6.07) is 18.6. The number of esters is 1. The second kappa shape index (κ2) is 8.37. The van der Waals surface area contributed by atoms with Crippen molar-refractivity contribution in [3.63, 3.8) is 0 Å². The van der Waals surface area contributed by atoms with E-state index in [-0.39, 0.29) is 11.5 Å².